The average molecular weight is 193 g/mol. The first-order valence-electron chi connectivity index (χ1n) is 4.37. The molecule has 1 nitrogen and oxygen atoms in total. The lowest BCUT2D eigenvalue weighted by atomic mass is 10.2. The van der Waals surface area contributed by atoms with E-state index >= 15 is 0 Å². The summed E-state index contributed by atoms with van der Waals surface area (Å²) in [5, 5.41) is 0. The van der Waals surface area contributed by atoms with Crippen LogP contribution in [-0.2, 0) is 0 Å². The van der Waals surface area contributed by atoms with Gasteiger partial charge in [-0.25, -0.2) is 0 Å². The molecular formula is C11H15NS. The van der Waals surface area contributed by atoms with E-state index in [-0.39, 0.29) is 0 Å². The number of benzene rings is 1. The molecule has 0 fully saturated rings. The summed E-state index contributed by atoms with van der Waals surface area (Å²) >= 11 is 1.83. The standard InChI is InChI=1S/C11H15NS/c1-10-4-6-11(7-5-10)13-9-3-2-8-12/h2-7H,8-9,12H2,1H3. The van der Waals surface area contributed by atoms with Crippen LogP contribution >= 0.6 is 11.8 Å². The van der Waals surface area contributed by atoms with Crippen LogP contribution in [0.2, 0.25) is 0 Å². The number of hydrogen-bond donors (Lipinski definition) is 1. The molecule has 0 amide bonds. The largest absolute Gasteiger partial charge is 0.327 e. The SMILES string of the molecule is Cc1ccc(SCC=CCN)cc1. The molecule has 13 heavy (non-hydrogen) atoms. The van der Waals surface area contributed by atoms with Gasteiger partial charge in [-0.15, -0.1) is 11.8 Å². The quantitative estimate of drug-likeness (QED) is 0.587. The second-order valence-electron chi connectivity index (χ2n) is 2.83. The van der Waals surface area contributed by atoms with E-state index in [0.29, 0.717) is 6.54 Å². The molecule has 2 N–H and O–H groups in total. The van der Waals surface area contributed by atoms with Crippen molar-refractivity contribution in [1.29, 1.82) is 0 Å². The number of rotatable bonds is 4. The van der Waals surface area contributed by atoms with Crippen molar-refractivity contribution in [2.45, 2.75) is 11.8 Å². The van der Waals surface area contributed by atoms with Crippen LogP contribution < -0.4 is 5.73 Å². The van der Waals surface area contributed by atoms with Crippen LogP contribution in [-0.4, -0.2) is 12.3 Å². The van der Waals surface area contributed by atoms with E-state index in [4.69, 9.17) is 5.73 Å². The molecule has 0 atom stereocenters. The van der Waals surface area contributed by atoms with Crippen molar-refractivity contribution < 1.29 is 0 Å². The van der Waals surface area contributed by atoms with Crippen molar-refractivity contribution in [2.24, 2.45) is 5.73 Å². The van der Waals surface area contributed by atoms with E-state index in [1.54, 1.807) is 0 Å². The van der Waals surface area contributed by atoms with Crippen molar-refractivity contribution >= 4 is 11.8 Å². The average Bonchev–Trinajstić information content (AvgIpc) is 2.15. The van der Waals surface area contributed by atoms with Crippen LogP contribution in [0, 0.1) is 6.92 Å². The Morgan fingerprint density at radius 1 is 1.23 bits per heavy atom. The van der Waals surface area contributed by atoms with E-state index < -0.39 is 0 Å². The normalized spacial score (nSPS) is 10.9. The van der Waals surface area contributed by atoms with Crippen molar-refractivity contribution in [1.82, 2.24) is 0 Å². The Balaban J connectivity index is 2.37. The predicted molar refractivity (Wildman–Crippen MR) is 60.1 cm³/mol. The van der Waals surface area contributed by atoms with Crippen molar-refractivity contribution in [3.05, 3.63) is 42.0 Å². The van der Waals surface area contributed by atoms with Crippen LogP contribution in [0.3, 0.4) is 0 Å². The maximum absolute atomic E-state index is 5.33. The van der Waals surface area contributed by atoms with Crippen molar-refractivity contribution in [2.75, 3.05) is 12.3 Å². The molecule has 0 aliphatic heterocycles. The fourth-order valence-electron chi connectivity index (χ4n) is 0.943. The minimum atomic E-state index is 0.633. The van der Waals surface area contributed by atoms with Gasteiger partial charge in [-0.1, -0.05) is 29.8 Å². The molecule has 70 valence electrons. The first kappa shape index (κ1) is 10.4. The molecule has 0 spiro atoms. The molecule has 0 heterocycles. The van der Waals surface area contributed by atoms with Gasteiger partial charge in [-0.05, 0) is 19.1 Å². The minimum Gasteiger partial charge on any atom is -0.327 e. The lowest BCUT2D eigenvalue weighted by molar-refractivity contribution is 1.25. The van der Waals surface area contributed by atoms with Gasteiger partial charge < -0.3 is 5.73 Å². The zero-order chi connectivity index (χ0) is 9.52. The topological polar surface area (TPSA) is 26.0 Å². The van der Waals surface area contributed by atoms with Gasteiger partial charge in [0.05, 0.1) is 0 Å². The molecule has 1 aromatic carbocycles. The van der Waals surface area contributed by atoms with Crippen LogP contribution in [0.4, 0.5) is 0 Å². The maximum atomic E-state index is 5.33. The third-order valence-electron chi connectivity index (χ3n) is 1.67. The van der Waals surface area contributed by atoms with E-state index in [9.17, 15) is 0 Å². The Morgan fingerprint density at radius 3 is 2.54 bits per heavy atom. The summed E-state index contributed by atoms with van der Waals surface area (Å²) < 4.78 is 0. The molecule has 1 rings (SSSR count). The minimum absolute atomic E-state index is 0.633. The fraction of sp³-hybridized carbons (Fsp3) is 0.273. The first-order chi connectivity index (χ1) is 6.33. The van der Waals surface area contributed by atoms with Gasteiger partial charge in [0.25, 0.3) is 0 Å². The van der Waals surface area contributed by atoms with Crippen LogP contribution in [0.15, 0.2) is 41.3 Å². The number of thioether (sulfide) groups is 1. The monoisotopic (exact) mass is 193 g/mol. The Morgan fingerprint density at radius 2 is 1.92 bits per heavy atom. The van der Waals surface area contributed by atoms with E-state index in [1.807, 2.05) is 17.8 Å². The van der Waals surface area contributed by atoms with Gasteiger partial charge in [-0.2, -0.15) is 0 Å². The molecule has 0 radical (unpaired) electrons. The highest BCUT2D eigenvalue weighted by Crippen LogP contribution is 2.17. The molecule has 2 heteroatoms. The van der Waals surface area contributed by atoms with Gasteiger partial charge in [0.15, 0.2) is 0 Å². The Bertz CT molecular complexity index is 264. The third kappa shape index (κ3) is 4.15. The first-order valence-corrected chi connectivity index (χ1v) is 5.36. The fourth-order valence-corrected chi connectivity index (χ4v) is 1.70. The highest BCUT2D eigenvalue weighted by atomic mass is 32.2. The highest BCUT2D eigenvalue weighted by molar-refractivity contribution is 7.99. The van der Waals surface area contributed by atoms with E-state index in [0.717, 1.165) is 5.75 Å². The molecule has 0 unspecified atom stereocenters. The molecule has 0 aromatic heterocycles. The van der Waals surface area contributed by atoms with Crippen LogP contribution in [0.1, 0.15) is 5.56 Å². The lowest BCUT2D eigenvalue weighted by Crippen LogP contribution is -1.92. The third-order valence-corrected chi connectivity index (χ3v) is 2.63. The summed E-state index contributed by atoms with van der Waals surface area (Å²) in [6.45, 7) is 2.73. The van der Waals surface area contributed by atoms with Gasteiger partial charge >= 0.3 is 0 Å². The molecule has 0 saturated heterocycles. The summed E-state index contributed by atoms with van der Waals surface area (Å²) in [6.07, 6.45) is 4.09. The molecule has 0 aliphatic rings. The van der Waals surface area contributed by atoms with Crippen molar-refractivity contribution in [3.8, 4) is 0 Å². The molecule has 0 bridgehead atoms. The van der Waals surface area contributed by atoms with Crippen molar-refractivity contribution in [3.63, 3.8) is 0 Å². The summed E-state index contributed by atoms with van der Waals surface area (Å²) in [6, 6.07) is 8.57. The number of aryl methyl sites for hydroxylation is 1. The Labute approximate surface area is 84.0 Å². The maximum Gasteiger partial charge on any atom is 0.0161 e. The summed E-state index contributed by atoms with van der Waals surface area (Å²) in [5.41, 5.74) is 6.64. The summed E-state index contributed by atoms with van der Waals surface area (Å²) in [7, 11) is 0. The number of nitrogens with two attached hydrogens (primary N) is 1. The van der Waals surface area contributed by atoms with E-state index in [1.165, 1.54) is 10.5 Å². The second-order valence-corrected chi connectivity index (χ2v) is 3.92. The number of hydrogen-bond acceptors (Lipinski definition) is 2. The molecular weight excluding hydrogens is 178 g/mol. The predicted octanol–water partition coefficient (Wildman–Crippen LogP) is 2.60. The van der Waals surface area contributed by atoms with Gasteiger partial charge in [0, 0.05) is 17.2 Å². The van der Waals surface area contributed by atoms with Gasteiger partial charge in [0.2, 0.25) is 0 Å². The Hall–Kier alpha value is -0.730. The summed E-state index contributed by atoms with van der Waals surface area (Å²) in [4.78, 5) is 1.31. The van der Waals surface area contributed by atoms with Crippen LogP contribution in [0.5, 0.6) is 0 Å². The summed E-state index contributed by atoms with van der Waals surface area (Å²) in [5.74, 6) is 1.00. The lowest BCUT2D eigenvalue weighted by Gasteiger charge is -1.98. The Kier molecular flexibility index (Phi) is 4.65. The molecule has 0 saturated carbocycles. The molecule has 1 aromatic rings. The van der Waals surface area contributed by atoms with Gasteiger partial charge in [0.1, 0.15) is 0 Å². The van der Waals surface area contributed by atoms with E-state index in [2.05, 4.69) is 37.3 Å². The zero-order valence-corrected chi connectivity index (χ0v) is 8.68. The molecule has 0 aliphatic carbocycles. The zero-order valence-electron chi connectivity index (χ0n) is 7.86. The van der Waals surface area contributed by atoms with Gasteiger partial charge in [-0.3, -0.25) is 0 Å². The second kappa shape index (κ2) is 5.84. The smallest absolute Gasteiger partial charge is 0.0161 e. The highest BCUT2D eigenvalue weighted by Gasteiger charge is 1.90. The van der Waals surface area contributed by atoms with Crippen LogP contribution in [0.25, 0.3) is 0 Å².